The molecule has 1 aliphatic rings. The van der Waals surface area contributed by atoms with Crippen molar-refractivity contribution in [2.45, 2.75) is 4.90 Å². The minimum absolute atomic E-state index is 0.0646. The molecule has 11 heteroatoms. The van der Waals surface area contributed by atoms with Crippen LogP contribution in [0.25, 0.3) is 6.08 Å². The summed E-state index contributed by atoms with van der Waals surface area (Å²) in [5.74, 6) is -1.89. The van der Waals surface area contributed by atoms with E-state index in [0.29, 0.717) is 4.31 Å². The molecule has 3 rings (SSSR count). The predicted molar refractivity (Wildman–Crippen MR) is 102 cm³/mol. The number of carbonyl (C=O) groups is 2. The fourth-order valence-electron chi connectivity index (χ4n) is 2.64. The molecule has 0 unspecified atom stereocenters. The second-order valence-corrected chi connectivity index (χ2v) is 8.22. The Labute approximate surface area is 171 Å². The summed E-state index contributed by atoms with van der Waals surface area (Å²) < 4.78 is 45.0. The Balaban J connectivity index is 2.06. The van der Waals surface area contributed by atoms with Crippen LogP contribution in [0.5, 0.6) is 5.75 Å². The van der Waals surface area contributed by atoms with Crippen LogP contribution in [0.4, 0.5) is 4.39 Å². The van der Waals surface area contributed by atoms with Gasteiger partial charge >= 0.3 is 0 Å². The van der Waals surface area contributed by atoms with Crippen molar-refractivity contribution in [1.82, 2.24) is 14.6 Å². The number of nitrogens with one attached hydrogen (secondary N) is 1. The molecule has 0 spiro atoms. The third kappa shape index (κ3) is 4.38. The highest BCUT2D eigenvalue weighted by Gasteiger charge is 2.35. The number of methoxy groups -OCH3 is 1. The number of amides is 2. The number of rotatable bonds is 4. The van der Waals surface area contributed by atoms with Gasteiger partial charge in [-0.1, -0.05) is 11.6 Å². The van der Waals surface area contributed by atoms with Crippen molar-refractivity contribution >= 4 is 39.5 Å². The number of benzene rings is 1. The average molecular weight is 440 g/mol. The molecule has 152 valence electrons. The molecule has 2 heterocycles. The lowest BCUT2D eigenvalue weighted by Crippen LogP contribution is -2.40. The SMILES string of the molecule is COc1ccc(F)cc1C=C1CNC(=O)CN(S(=O)(=O)c2ccc(Cl)nc2)C1=O. The summed E-state index contributed by atoms with van der Waals surface area (Å²) in [5, 5.41) is 2.53. The number of aromatic nitrogens is 1. The van der Waals surface area contributed by atoms with E-state index >= 15 is 0 Å². The highest BCUT2D eigenvalue weighted by molar-refractivity contribution is 7.89. The number of carbonyl (C=O) groups excluding carboxylic acids is 2. The van der Waals surface area contributed by atoms with Crippen LogP contribution in [0.15, 0.2) is 47.0 Å². The van der Waals surface area contributed by atoms with Crippen LogP contribution in [0.2, 0.25) is 5.15 Å². The van der Waals surface area contributed by atoms with E-state index in [4.69, 9.17) is 16.3 Å². The van der Waals surface area contributed by atoms with Gasteiger partial charge in [0.1, 0.15) is 28.2 Å². The summed E-state index contributed by atoms with van der Waals surface area (Å²) >= 11 is 5.68. The van der Waals surface area contributed by atoms with E-state index in [1.165, 1.54) is 37.5 Å². The van der Waals surface area contributed by atoms with Crippen LogP contribution >= 0.6 is 11.6 Å². The Kier molecular flexibility index (Phi) is 5.85. The average Bonchev–Trinajstić information content (AvgIpc) is 2.82. The zero-order valence-corrected chi connectivity index (χ0v) is 16.6. The zero-order valence-electron chi connectivity index (χ0n) is 15.1. The van der Waals surface area contributed by atoms with E-state index in [1.54, 1.807) is 0 Å². The Hall–Kier alpha value is -2.98. The standard InChI is InChI=1S/C18H15ClFN3O5S/c1-28-15-4-2-13(20)7-11(15)6-12-8-22-17(24)10-23(18(12)25)29(26,27)14-3-5-16(19)21-9-14/h2-7,9H,8,10H2,1H3,(H,22,24). The van der Waals surface area contributed by atoms with Gasteiger partial charge in [0.2, 0.25) is 5.91 Å². The molecule has 8 nitrogen and oxygen atoms in total. The van der Waals surface area contributed by atoms with Gasteiger partial charge in [0.15, 0.2) is 0 Å². The molecule has 0 bridgehead atoms. The van der Waals surface area contributed by atoms with Gasteiger partial charge in [0.25, 0.3) is 15.9 Å². The predicted octanol–water partition coefficient (Wildman–Crippen LogP) is 1.61. The highest BCUT2D eigenvalue weighted by atomic mass is 35.5. The lowest BCUT2D eigenvalue weighted by molar-refractivity contribution is -0.127. The summed E-state index contributed by atoms with van der Waals surface area (Å²) in [6.45, 7) is -0.941. The van der Waals surface area contributed by atoms with Crippen molar-refractivity contribution in [2.75, 3.05) is 20.2 Å². The summed E-state index contributed by atoms with van der Waals surface area (Å²) in [7, 11) is -3.01. The van der Waals surface area contributed by atoms with E-state index in [1.807, 2.05) is 0 Å². The largest absolute Gasteiger partial charge is 0.496 e. The lowest BCUT2D eigenvalue weighted by Gasteiger charge is -2.20. The first-order valence-corrected chi connectivity index (χ1v) is 10.0. The fourth-order valence-corrected chi connectivity index (χ4v) is 4.06. The third-order valence-corrected chi connectivity index (χ3v) is 6.01. The minimum atomic E-state index is -4.38. The van der Waals surface area contributed by atoms with Crippen molar-refractivity contribution in [3.63, 3.8) is 0 Å². The molecule has 1 N–H and O–H groups in total. The van der Waals surface area contributed by atoms with Crippen molar-refractivity contribution in [3.05, 3.63) is 58.6 Å². The molecule has 0 radical (unpaired) electrons. The summed E-state index contributed by atoms with van der Waals surface area (Å²) in [5.41, 5.74) is 0.155. The van der Waals surface area contributed by atoms with Crippen molar-refractivity contribution in [3.8, 4) is 5.75 Å². The molecule has 29 heavy (non-hydrogen) atoms. The van der Waals surface area contributed by atoms with Crippen LogP contribution < -0.4 is 10.1 Å². The quantitative estimate of drug-likeness (QED) is 0.573. The maximum atomic E-state index is 13.6. The number of sulfonamides is 1. The van der Waals surface area contributed by atoms with E-state index in [0.717, 1.165) is 12.3 Å². The van der Waals surface area contributed by atoms with E-state index < -0.39 is 34.2 Å². The maximum Gasteiger partial charge on any atom is 0.268 e. The molecular weight excluding hydrogens is 425 g/mol. The molecule has 1 aromatic carbocycles. The molecule has 2 aromatic rings. The van der Waals surface area contributed by atoms with Gasteiger partial charge in [-0.05, 0) is 36.4 Å². The maximum absolute atomic E-state index is 13.6. The van der Waals surface area contributed by atoms with Crippen LogP contribution in [0.1, 0.15) is 5.56 Å². The number of halogens is 2. The Morgan fingerprint density at radius 1 is 1.28 bits per heavy atom. The Morgan fingerprint density at radius 2 is 2.03 bits per heavy atom. The number of nitrogens with zero attached hydrogens (tertiary/aromatic N) is 2. The first-order chi connectivity index (χ1) is 13.7. The highest BCUT2D eigenvalue weighted by Crippen LogP contribution is 2.25. The number of hydrogen-bond donors (Lipinski definition) is 1. The fraction of sp³-hybridized carbons (Fsp3) is 0.167. The van der Waals surface area contributed by atoms with E-state index in [9.17, 15) is 22.4 Å². The second kappa shape index (κ2) is 8.18. The second-order valence-electron chi connectivity index (χ2n) is 5.97. The van der Waals surface area contributed by atoms with Crippen molar-refractivity contribution in [1.29, 1.82) is 0 Å². The van der Waals surface area contributed by atoms with Crippen LogP contribution in [-0.2, 0) is 19.6 Å². The Bertz CT molecular complexity index is 1100. The van der Waals surface area contributed by atoms with Gasteiger partial charge in [0, 0.05) is 23.9 Å². The molecule has 1 fully saturated rings. The van der Waals surface area contributed by atoms with Gasteiger partial charge in [0.05, 0.1) is 7.11 Å². The minimum Gasteiger partial charge on any atom is -0.496 e. The molecule has 1 aliphatic heterocycles. The smallest absolute Gasteiger partial charge is 0.268 e. The number of ether oxygens (including phenoxy) is 1. The van der Waals surface area contributed by atoms with Crippen LogP contribution in [0, 0.1) is 5.82 Å². The summed E-state index contributed by atoms with van der Waals surface area (Å²) in [6.07, 6.45) is 2.27. The molecule has 0 saturated carbocycles. The van der Waals surface area contributed by atoms with Gasteiger partial charge in [-0.25, -0.2) is 22.1 Å². The van der Waals surface area contributed by atoms with Gasteiger partial charge in [-0.2, -0.15) is 0 Å². The van der Waals surface area contributed by atoms with Gasteiger partial charge in [-0.15, -0.1) is 0 Å². The Morgan fingerprint density at radius 3 is 2.69 bits per heavy atom. The van der Waals surface area contributed by atoms with Gasteiger partial charge < -0.3 is 10.1 Å². The number of hydrogen-bond acceptors (Lipinski definition) is 6. The molecule has 1 aromatic heterocycles. The lowest BCUT2D eigenvalue weighted by atomic mass is 10.1. The summed E-state index contributed by atoms with van der Waals surface area (Å²) in [6, 6.07) is 6.12. The van der Waals surface area contributed by atoms with E-state index in [2.05, 4.69) is 10.3 Å². The van der Waals surface area contributed by atoms with Crippen molar-refractivity contribution < 1.29 is 27.1 Å². The first-order valence-electron chi connectivity index (χ1n) is 8.22. The first kappa shape index (κ1) is 20.7. The molecule has 2 amide bonds. The van der Waals surface area contributed by atoms with E-state index in [-0.39, 0.29) is 33.5 Å². The van der Waals surface area contributed by atoms with Gasteiger partial charge in [-0.3, -0.25) is 9.59 Å². The third-order valence-electron chi connectivity index (χ3n) is 4.07. The van der Waals surface area contributed by atoms with Crippen molar-refractivity contribution in [2.24, 2.45) is 0 Å². The van der Waals surface area contributed by atoms with Crippen LogP contribution in [0.3, 0.4) is 0 Å². The molecule has 0 aliphatic carbocycles. The number of pyridine rings is 1. The molecular formula is C18H15ClFN3O5S. The topological polar surface area (TPSA) is 106 Å². The molecule has 0 atom stereocenters. The normalized spacial score (nSPS) is 16.5. The monoisotopic (exact) mass is 439 g/mol. The summed E-state index contributed by atoms with van der Waals surface area (Å²) in [4.78, 5) is 28.4. The molecule has 1 saturated heterocycles. The zero-order chi connectivity index (χ0) is 21.2. The van der Waals surface area contributed by atoms with Crippen LogP contribution in [-0.4, -0.2) is 49.7 Å².